The van der Waals surface area contributed by atoms with Gasteiger partial charge in [0, 0.05) is 18.1 Å². The van der Waals surface area contributed by atoms with E-state index in [1.807, 2.05) is 0 Å². The molecule has 0 amide bonds. The first-order valence-electron chi connectivity index (χ1n) is 6.09. The van der Waals surface area contributed by atoms with Crippen LogP contribution in [0.15, 0.2) is 0 Å². The third-order valence-electron chi connectivity index (χ3n) is 3.74. The van der Waals surface area contributed by atoms with Gasteiger partial charge in [0.2, 0.25) is 0 Å². The predicted octanol–water partition coefficient (Wildman–Crippen LogP) is 3.52. The Labute approximate surface area is 97.4 Å². The van der Waals surface area contributed by atoms with Crippen LogP contribution in [0.2, 0.25) is 0 Å². The van der Waals surface area contributed by atoms with Crippen LogP contribution in [0.25, 0.3) is 0 Å². The van der Waals surface area contributed by atoms with Crippen LogP contribution in [0, 0.1) is 17.3 Å². The van der Waals surface area contributed by atoms with Crippen molar-refractivity contribution in [1.82, 2.24) is 0 Å². The fraction of sp³-hybridized carbons (Fsp3) is 0.923. The molecule has 3 atom stereocenters. The average Bonchev–Trinajstić information content (AvgIpc) is 2.58. The summed E-state index contributed by atoms with van der Waals surface area (Å²) in [7, 11) is 0. The van der Waals surface area contributed by atoms with Crippen LogP contribution >= 0.6 is 11.8 Å². The molecule has 15 heavy (non-hydrogen) atoms. The number of carbonyl (C=O) groups excluding carboxylic acids is 1. The molecule has 0 aromatic rings. The highest BCUT2D eigenvalue weighted by Crippen LogP contribution is 2.48. The maximum Gasteiger partial charge on any atom is 0.133 e. The van der Waals surface area contributed by atoms with Crippen molar-refractivity contribution >= 4 is 17.5 Å². The molecular weight excluding hydrogens is 204 g/mol. The maximum atomic E-state index is 11.4. The van der Waals surface area contributed by atoms with Crippen molar-refractivity contribution in [2.45, 2.75) is 51.7 Å². The second-order valence-corrected chi connectivity index (χ2v) is 7.61. The average molecular weight is 226 g/mol. The number of Topliss-reactive ketones (excluding diaryl/α,β-unsaturated/α-hetero) is 1. The number of carbonyl (C=O) groups is 1. The van der Waals surface area contributed by atoms with E-state index in [-0.39, 0.29) is 0 Å². The van der Waals surface area contributed by atoms with E-state index in [1.54, 1.807) is 0 Å². The second-order valence-electron chi connectivity index (χ2n) is 6.34. The number of ketones is 1. The number of fused-ring (bicyclic) bond motifs is 1. The zero-order valence-electron chi connectivity index (χ0n) is 10.1. The van der Waals surface area contributed by atoms with Crippen molar-refractivity contribution in [3.8, 4) is 0 Å². The Morgan fingerprint density at radius 1 is 1.33 bits per heavy atom. The van der Waals surface area contributed by atoms with E-state index in [0.29, 0.717) is 11.2 Å². The smallest absolute Gasteiger partial charge is 0.133 e. The van der Waals surface area contributed by atoms with E-state index in [0.717, 1.165) is 29.9 Å². The molecule has 1 saturated heterocycles. The minimum Gasteiger partial charge on any atom is -0.300 e. The largest absolute Gasteiger partial charge is 0.300 e. The number of rotatable bonds is 2. The van der Waals surface area contributed by atoms with E-state index in [9.17, 15) is 4.79 Å². The van der Waals surface area contributed by atoms with Crippen LogP contribution in [0.1, 0.15) is 46.5 Å². The Bertz CT molecular complexity index is 254. The van der Waals surface area contributed by atoms with Gasteiger partial charge in [-0.3, -0.25) is 4.79 Å². The molecule has 86 valence electrons. The van der Waals surface area contributed by atoms with Gasteiger partial charge in [0.25, 0.3) is 0 Å². The molecule has 2 rings (SSSR count). The first kappa shape index (κ1) is 11.5. The molecule has 0 N–H and O–H groups in total. The summed E-state index contributed by atoms with van der Waals surface area (Å²) >= 11 is 2.12. The standard InChI is InChI=1S/C13H22OS/c1-13(2,3)5-4-12-11-7-10(14)6-9(11)8-15-12/h9,11-12H,4-8H2,1-3H3/t9-,11-,12?/m1/s1. The first-order chi connectivity index (χ1) is 6.96. The molecule has 1 unspecified atom stereocenters. The van der Waals surface area contributed by atoms with E-state index in [2.05, 4.69) is 32.5 Å². The number of thioether (sulfide) groups is 1. The third kappa shape index (κ3) is 2.77. The van der Waals surface area contributed by atoms with Gasteiger partial charge < -0.3 is 0 Å². The van der Waals surface area contributed by atoms with Crippen molar-refractivity contribution < 1.29 is 4.79 Å². The molecule has 0 aromatic carbocycles. The fourth-order valence-corrected chi connectivity index (χ4v) is 4.53. The van der Waals surface area contributed by atoms with Gasteiger partial charge in [-0.15, -0.1) is 0 Å². The summed E-state index contributed by atoms with van der Waals surface area (Å²) in [4.78, 5) is 11.4. The van der Waals surface area contributed by atoms with Gasteiger partial charge in [-0.05, 0) is 35.8 Å². The molecule has 2 fully saturated rings. The van der Waals surface area contributed by atoms with Gasteiger partial charge in [0.05, 0.1) is 0 Å². The highest BCUT2D eigenvalue weighted by molar-refractivity contribution is 8.00. The molecule has 0 spiro atoms. The molecule has 2 heteroatoms. The molecule has 0 bridgehead atoms. The fourth-order valence-electron chi connectivity index (χ4n) is 2.82. The van der Waals surface area contributed by atoms with Crippen LogP contribution in [0.4, 0.5) is 0 Å². The first-order valence-corrected chi connectivity index (χ1v) is 7.14. The number of hydrogen-bond acceptors (Lipinski definition) is 2. The third-order valence-corrected chi connectivity index (χ3v) is 5.37. The maximum absolute atomic E-state index is 11.4. The van der Waals surface area contributed by atoms with Gasteiger partial charge in [0.1, 0.15) is 5.78 Å². The quantitative estimate of drug-likeness (QED) is 0.716. The van der Waals surface area contributed by atoms with Crippen molar-refractivity contribution in [2.75, 3.05) is 5.75 Å². The molecular formula is C13H22OS. The van der Waals surface area contributed by atoms with Gasteiger partial charge in [-0.2, -0.15) is 11.8 Å². The Hall–Kier alpha value is 0.0200. The molecule has 0 radical (unpaired) electrons. The van der Waals surface area contributed by atoms with Crippen molar-refractivity contribution in [2.24, 2.45) is 17.3 Å². The highest BCUT2D eigenvalue weighted by Gasteiger charge is 2.43. The van der Waals surface area contributed by atoms with Crippen LogP contribution in [-0.4, -0.2) is 16.8 Å². The predicted molar refractivity (Wildman–Crippen MR) is 66.2 cm³/mol. The zero-order chi connectivity index (χ0) is 11.1. The SMILES string of the molecule is CC(C)(C)CCC1SC[C@H]2CC(=O)C[C@@H]12. The molecule has 2 aliphatic rings. The Balaban J connectivity index is 1.87. The Morgan fingerprint density at radius 2 is 2.07 bits per heavy atom. The van der Waals surface area contributed by atoms with Crippen molar-refractivity contribution in [3.05, 3.63) is 0 Å². The molecule has 1 nitrogen and oxygen atoms in total. The van der Waals surface area contributed by atoms with Gasteiger partial charge >= 0.3 is 0 Å². The van der Waals surface area contributed by atoms with Crippen molar-refractivity contribution in [3.63, 3.8) is 0 Å². The monoisotopic (exact) mass is 226 g/mol. The van der Waals surface area contributed by atoms with Crippen LogP contribution in [-0.2, 0) is 4.79 Å². The van der Waals surface area contributed by atoms with Crippen LogP contribution in [0.5, 0.6) is 0 Å². The summed E-state index contributed by atoms with van der Waals surface area (Å²) in [5.41, 5.74) is 0.446. The number of hydrogen-bond donors (Lipinski definition) is 0. The summed E-state index contributed by atoms with van der Waals surface area (Å²) in [6.45, 7) is 6.93. The lowest BCUT2D eigenvalue weighted by atomic mass is 9.85. The van der Waals surface area contributed by atoms with Gasteiger partial charge in [0.15, 0.2) is 0 Å². The summed E-state index contributed by atoms with van der Waals surface area (Å²) < 4.78 is 0. The lowest BCUT2D eigenvalue weighted by molar-refractivity contribution is -0.117. The Morgan fingerprint density at radius 3 is 2.73 bits per heavy atom. The van der Waals surface area contributed by atoms with E-state index >= 15 is 0 Å². The van der Waals surface area contributed by atoms with E-state index in [1.165, 1.54) is 18.6 Å². The minimum absolute atomic E-state index is 0.446. The summed E-state index contributed by atoms with van der Waals surface area (Å²) in [6, 6.07) is 0. The van der Waals surface area contributed by atoms with Gasteiger partial charge in [-0.25, -0.2) is 0 Å². The van der Waals surface area contributed by atoms with Crippen LogP contribution in [0.3, 0.4) is 0 Å². The summed E-state index contributed by atoms with van der Waals surface area (Å²) in [6.07, 6.45) is 4.36. The Kier molecular flexibility index (Phi) is 3.16. The van der Waals surface area contributed by atoms with Gasteiger partial charge in [-0.1, -0.05) is 20.8 Å². The molecule has 1 aliphatic heterocycles. The van der Waals surface area contributed by atoms with Crippen molar-refractivity contribution in [1.29, 1.82) is 0 Å². The normalized spacial score (nSPS) is 35.9. The second kappa shape index (κ2) is 4.12. The minimum atomic E-state index is 0.446. The molecule has 1 saturated carbocycles. The van der Waals surface area contributed by atoms with E-state index < -0.39 is 0 Å². The lowest BCUT2D eigenvalue weighted by Gasteiger charge is -2.23. The topological polar surface area (TPSA) is 17.1 Å². The summed E-state index contributed by atoms with van der Waals surface area (Å²) in [5.74, 6) is 3.22. The highest BCUT2D eigenvalue weighted by atomic mass is 32.2. The molecule has 1 heterocycles. The lowest BCUT2D eigenvalue weighted by Crippen LogP contribution is -2.17. The zero-order valence-corrected chi connectivity index (χ0v) is 10.9. The summed E-state index contributed by atoms with van der Waals surface area (Å²) in [5, 5.41) is 0.778. The molecule has 1 aliphatic carbocycles. The van der Waals surface area contributed by atoms with E-state index in [4.69, 9.17) is 0 Å². The van der Waals surface area contributed by atoms with Crippen LogP contribution < -0.4 is 0 Å². The molecule has 0 aromatic heterocycles.